The van der Waals surface area contributed by atoms with Crippen LogP contribution >= 0.6 is 0 Å². The maximum absolute atomic E-state index is 12.8. The molecule has 0 aliphatic carbocycles. The van der Waals surface area contributed by atoms with Crippen molar-refractivity contribution in [1.82, 2.24) is 5.32 Å². The number of carbonyl (C=O) groups is 2. The van der Waals surface area contributed by atoms with E-state index in [-0.39, 0.29) is 37.7 Å². The Balaban J connectivity index is 2.30. The number of alkyl halides is 2. The molecule has 4 nitrogen and oxygen atoms in total. The Morgan fingerprint density at radius 2 is 1.83 bits per heavy atom. The standard InChI is InChI=1S/C17H23F2NO3/c1-12(2)20-15(17(18)19)9-8-14(21)10-16(22)23-11-13-6-4-3-5-7-13/h3-7,12,15,17,20H,8-11H2,1-2H3/t15-/m1/s1. The van der Waals surface area contributed by atoms with Gasteiger partial charge in [0.25, 0.3) is 6.43 Å². The second-order valence-corrected chi connectivity index (χ2v) is 5.66. The lowest BCUT2D eigenvalue weighted by Gasteiger charge is -2.20. The molecular weight excluding hydrogens is 304 g/mol. The molecular formula is C17H23F2NO3. The van der Waals surface area contributed by atoms with Crippen molar-refractivity contribution in [2.24, 2.45) is 0 Å². The summed E-state index contributed by atoms with van der Waals surface area (Å²) in [6.45, 7) is 3.62. The second kappa shape index (κ2) is 10.0. The summed E-state index contributed by atoms with van der Waals surface area (Å²) in [4.78, 5) is 23.3. The average molecular weight is 327 g/mol. The van der Waals surface area contributed by atoms with E-state index < -0.39 is 18.4 Å². The molecule has 128 valence electrons. The van der Waals surface area contributed by atoms with Gasteiger partial charge >= 0.3 is 5.97 Å². The average Bonchev–Trinajstić information content (AvgIpc) is 2.50. The van der Waals surface area contributed by atoms with Crippen LogP contribution in [0.25, 0.3) is 0 Å². The largest absolute Gasteiger partial charge is 0.460 e. The van der Waals surface area contributed by atoms with Gasteiger partial charge in [0.15, 0.2) is 0 Å². The van der Waals surface area contributed by atoms with Gasteiger partial charge in [-0.2, -0.15) is 0 Å². The van der Waals surface area contributed by atoms with Crippen molar-refractivity contribution in [3.05, 3.63) is 35.9 Å². The predicted octanol–water partition coefficient (Wildman–Crippen LogP) is 3.10. The van der Waals surface area contributed by atoms with E-state index in [1.54, 1.807) is 26.0 Å². The molecule has 1 rings (SSSR count). The number of hydrogen-bond acceptors (Lipinski definition) is 4. The molecule has 1 aromatic rings. The zero-order chi connectivity index (χ0) is 17.2. The molecule has 6 heteroatoms. The molecule has 0 aliphatic rings. The summed E-state index contributed by atoms with van der Waals surface area (Å²) in [5.41, 5.74) is 0.826. The van der Waals surface area contributed by atoms with E-state index in [1.165, 1.54) is 0 Å². The lowest BCUT2D eigenvalue weighted by atomic mass is 10.1. The highest BCUT2D eigenvalue weighted by Crippen LogP contribution is 2.11. The third kappa shape index (κ3) is 8.40. The Morgan fingerprint density at radius 1 is 1.17 bits per heavy atom. The fourth-order valence-electron chi connectivity index (χ4n) is 2.07. The number of ketones is 1. The van der Waals surface area contributed by atoms with Gasteiger partial charge in [0.05, 0.1) is 6.04 Å². The highest BCUT2D eigenvalue weighted by Gasteiger charge is 2.22. The van der Waals surface area contributed by atoms with Gasteiger partial charge in [-0.1, -0.05) is 44.2 Å². The molecule has 1 atom stereocenters. The quantitative estimate of drug-likeness (QED) is 0.530. The molecule has 0 heterocycles. The molecule has 0 aliphatic heterocycles. The fraction of sp³-hybridized carbons (Fsp3) is 0.529. The Labute approximate surface area is 135 Å². The van der Waals surface area contributed by atoms with Crippen LogP contribution in [0.3, 0.4) is 0 Å². The number of ether oxygens (including phenoxy) is 1. The first-order chi connectivity index (χ1) is 10.9. The lowest BCUT2D eigenvalue weighted by Crippen LogP contribution is -2.40. The van der Waals surface area contributed by atoms with Crippen molar-refractivity contribution in [2.75, 3.05) is 0 Å². The van der Waals surface area contributed by atoms with Crippen molar-refractivity contribution in [1.29, 1.82) is 0 Å². The molecule has 0 radical (unpaired) electrons. The van der Waals surface area contributed by atoms with Gasteiger partial charge in [-0.05, 0) is 12.0 Å². The van der Waals surface area contributed by atoms with E-state index in [0.717, 1.165) is 5.56 Å². The molecule has 0 aromatic heterocycles. The van der Waals surface area contributed by atoms with E-state index in [9.17, 15) is 18.4 Å². The summed E-state index contributed by atoms with van der Waals surface area (Å²) in [6.07, 6.45) is -3.00. The molecule has 0 amide bonds. The zero-order valence-electron chi connectivity index (χ0n) is 13.4. The Morgan fingerprint density at radius 3 is 2.39 bits per heavy atom. The molecule has 0 unspecified atom stereocenters. The normalized spacial score (nSPS) is 12.4. The van der Waals surface area contributed by atoms with Gasteiger partial charge in [-0.25, -0.2) is 8.78 Å². The van der Waals surface area contributed by atoms with Crippen LogP contribution in [0.1, 0.15) is 38.7 Å². The van der Waals surface area contributed by atoms with Crippen molar-refractivity contribution in [2.45, 2.75) is 58.2 Å². The summed E-state index contributed by atoms with van der Waals surface area (Å²) >= 11 is 0. The third-order valence-electron chi connectivity index (χ3n) is 3.17. The first kappa shape index (κ1) is 19.2. The Hall–Kier alpha value is -1.82. The molecule has 0 saturated carbocycles. The van der Waals surface area contributed by atoms with Gasteiger partial charge in [-0.15, -0.1) is 0 Å². The van der Waals surface area contributed by atoms with E-state index in [1.807, 2.05) is 18.2 Å². The monoisotopic (exact) mass is 327 g/mol. The minimum Gasteiger partial charge on any atom is -0.460 e. The summed E-state index contributed by atoms with van der Waals surface area (Å²) in [6, 6.07) is 7.96. The number of hydrogen-bond donors (Lipinski definition) is 1. The molecule has 0 bridgehead atoms. The zero-order valence-corrected chi connectivity index (χ0v) is 13.4. The third-order valence-corrected chi connectivity index (χ3v) is 3.17. The molecule has 0 fully saturated rings. The van der Waals surface area contributed by atoms with Crippen LogP contribution in [0.4, 0.5) is 8.78 Å². The smallest absolute Gasteiger partial charge is 0.313 e. The molecule has 23 heavy (non-hydrogen) atoms. The number of carbonyl (C=O) groups excluding carboxylic acids is 2. The molecule has 0 spiro atoms. The maximum atomic E-state index is 12.8. The molecule has 0 saturated heterocycles. The minimum atomic E-state index is -2.55. The van der Waals surface area contributed by atoms with Crippen molar-refractivity contribution in [3.8, 4) is 0 Å². The number of nitrogens with one attached hydrogen (secondary N) is 1. The Bertz CT molecular complexity index is 492. The molecule has 1 N–H and O–H groups in total. The highest BCUT2D eigenvalue weighted by atomic mass is 19.3. The van der Waals surface area contributed by atoms with Gasteiger partial charge in [0.2, 0.25) is 0 Å². The van der Waals surface area contributed by atoms with Crippen molar-refractivity contribution >= 4 is 11.8 Å². The van der Waals surface area contributed by atoms with Gasteiger partial charge in [0.1, 0.15) is 18.8 Å². The van der Waals surface area contributed by atoms with E-state index in [2.05, 4.69) is 5.32 Å². The number of halogens is 2. The van der Waals surface area contributed by atoms with Crippen LogP contribution in [0.15, 0.2) is 30.3 Å². The summed E-state index contributed by atoms with van der Waals surface area (Å²) in [7, 11) is 0. The highest BCUT2D eigenvalue weighted by molar-refractivity contribution is 5.95. The van der Waals surface area contributed by atoms with E-state index >= 15 is 0 Å². The summed E-state index contributed by atoms with van der Waals surface area (Å²) < 4.78 is 30.6. The lowest BCUT2D eigenvalue weighted by molar-refractivity contribution is -0.147. The van der Waals surface area contributed by atoms with Crippen molar-refractivity contribution < 1.29 is 23.1 Å². The van der Waals surface area contributed by atoms with Crippen LogP contribution in [0.2, 0.25) is 0 Å². The first-order valence-electron chi connectivity index (χ1n) is 7.64. The van der Waals surface area contributed by atoms with Gasteiger partial charge < -0.3 is 10.1 Å². The number of benzene rings is 1. The second-order valence-electron chi connectivity index (χ2n) is 5.66. The summed E-state index contributed by atoms with van der Waals surface area (Å²) in [5.74, 6) is -1.02. The SMILES string of the molecule is CC(C)N[C@H](CCC(=O)CC(=O)OCc1ccccc1)C(F)F. The van der Waals surface area contributed by atoms with Gasteiger partial charge in [0, 0.05) is 12.5 Å². The topological polar surface area (TPSA) is 55.4 Å². The first-order valence-corrected chi connectivity index (χ1v) is 7.64. The van der Waals surface area contributed by atoms with Crippen LogP contribution in [-0.4, -0.2) is 30.3 Å². The van der Waals surface area contributed by atoms with Gasteiger partial charge in [-0.3, -0.25) is 9.59 Å². The van der Waals surface area contributed by atoms with Crippen LogP contribution in [-0.2, 0) is 20.9 Å². The molecule has 1 aromatic carbocycles. The van der Waals surface area contributed by atoms with Crippen molar-refractivity contribution in [3.63, 3.8) is 0 Å². The van der Waals surface area contributed by atoms with Crippen LogP contribution in [0.5, 0.6) is 0 Å². The summed E-state index contributed by atoms with van der Waals surface area (Å²) in [5, 5.41) is 2.72. The Kier molecular flexibility index (Phi) is 8.40. The maximum Gasteiger partial charge on any atom is 0.313 e. The van der Waals surface area contributed by atoms with Crippen LogP contribution in [0, 0.1) is 0 Å². The van der Waals surface area contributed by atoms with E-state index in [4.69, 9.17) is 4.74 Å². The number of Topliss-reactive ketones (excluding diaryl/α,β-unsaturated/α-hetero) is 1. The minimum absolute atomic E-state index is 0.000640. The predicted molar refractivity (Wildman–Crippen MR) is 83.2 cm³/mol. The number of rotatable bonds is 10. The van der Waals surface area contributed by atoms with E-state index in [0.29, 0.717) is 0 Å². The fourth-order valence-corrected chi connectivity index (χ4v) is 2.07. The van der Waals surface area contributed by atoms with Crippen LogP contribution < -0.4 is 5.32 Å². The number of esters is 1.